The molecular formula is C13H14Cl3NO. The van der Waals surface area contributed by atoms with Crippen LogP contribution in [-0.2, 0) is 6.54 Å². The maximum absolute atomic E-state index is 6.14. The number of rotatable bonds is 6. The van der Waals surface area contributed by atoms with E-state index in [2.05, 4.69) is 11.9 Å². The second-order valence-corrected chi connectivity index (χ2v) is 5.72. The number of ether oxygens (including phenoxy) is 1. The average molecular weight is 307 g/mol. The first-order chi connectivity index (χ1) is 8.56. The van der Waals surface area contributed by atoms with Gasteiger partial charge in [0, 0.05) is 28.2 Å². The molecule has 0 bridgehead atoms. The zero-order chi connectivity index (χ0) is 13.1. The molecule has 0 saturated heterocycles. The lowest BCUT2D eigenvalue weighted by Crippen LogP contribution is -2.16. The van der Waals surface area contributed by atoms with Gasteiger partial charge < -0.3 is 10.1 Å². The Hall–Kier alpha value is -0.410. The van der Waals surface area contributed by atoms with Gasteiger partial charge in [-0.25, -0.2) is 0 Å². The molecule has 1 aliphatic carbocycles. The van der Waals surface area contributed by atoms with Gasteiger partial charge in [-0.15, -0.1) is 0 Å². The number of halogens is 3. The Morgan fingerprint density at radius 3 is 2.72 bits per heavy atom. The Balaban J connectivity index is 2.13. The summed E-state index contributed by atoms with van der Waals surface area (Å²) in [6.45, 7) is 4.51. The van der Waals surface area contributed by atoms with Crippen molar-refractivity contribution in [3.05, 3.63) is 39.4 Å². The zero-order valence-electron chi connectivity index (χ0n) is 9.81. The second kappa shape index (κ2) is 6.16. The molecule has 2 nitrogen and oxygen atoms in total. The summed E-state index contributed by atoms with van der Waals surface area (Å²) in [5.41, 5.74) is 0.942. The van der Waals surface area contributed by atoms with Crippen LogP contribution in [0.4, 0.5) is 0 Å². The van der Waals surface area contributed by atoms with E-state index in [0.717, 1.165) is 5.56 Å². The van der Waals surface area contributed by atoms with Gasteiger partial charge in [0.25, 0.3) is 0 Å². The van der Waals surface area contributed by atoms with Crippen molar-refractivity contribution in [2.24, 2.45) is 0 Å². The Morgan fingerprint density at radius 2 is 2.11 bits per heavy atom. The lowest BCUT2D eigenvalue weighted by molar-refractivity contribution is 0.354. The van der Waals surface area contributed by atoms with Gasteiger partial charge in [0.15, 0.2) is 0 Å². The van der Waals surface area contributed by atoms with Crippen LogP contribution in [0.15, 0.2) is 23.7 Å². The summed E-state index contributed by atoms with van der Waals surface area (Å²) >= 11 is 17.8. The number of benzene rings is 1. The summed E-state index contributed by atoms with van der Waals surface area (Å²) in [6, 6.07) is 4.13. The fourth-order valence-corrected chi connectivity index (χ4v) is 2.24. The zero-order valence-corrected chi connectivity index (χ0v) is 12.1. The molecule has 0 atom stereocenters. The van der Waals surface area contributed by atoms with Crippen molar-refractivity contribution >= 4 is 34.8 Å². The van der Waals surface area contributed by atoms with Crippen LogP contribution in [0.1, 0.15) is 18.4 Å². The Bertz CT molecular complexity index is 458. The van der Waals surface area contributed by atoms with Crippen LogP contribution in [0.5, 0.6) is 5.75 Å². The van der Waals surface area contributed by atoms with Gasteiger partial charge in [-0.05, 0) is 25.0 Å². The van der Waals surface area contributed by atoms with Crippen LogP contribution in [0, 0.1) is 0 Å². The van der Waals surface area contributed by atoms with Crippen molar-refractivity contribution in [1.29, 1.82) is 0 Å². The van der Waals surface area contributed by atoms with E-state index in [4.69, 9.17) is 39.5 Å². The van der Waals surface area contributed by atoms with Crippen LogP contribution < -0.4 is 10.1 Å². The van der Waals surface area contributed by atoms with Gasteiger partial charge in [-0.2, -0.15) is 0 Å². The molecule has 0 aromatic heterocycles. The number of hydrogen-bond donors (Lipinski definition) is 1. The summed E-state index contributed by atoms with van der Waals surface area (Å²) in [7, 11) is 0. The first-order valence-corrected chi connectivity index (χ1v) is 6.87. The minimum absolute atomic E-state index is 0.235. The SMILES string of the molecule is C=C(Cl)COc1c(Cl)cc(Cl)cc1CNC1CC1. The third kappa shape index (κ3) is 4.06. The molecule has 0 aliphatic heterocycles. The Labute approximate surface area is 122 Å². The monoisotopic (exact) mass is 305 g/mol. The van der Waals surface area contributed by atoms with Gasteiger partial charge in [0.05, 0.1) is 5.02 Å². The van der Waals surface area contributed by atoms with Gasteiger partial charge in [-0.3, -0.25) is 0 Å². The van der Waals surface area contributed by atoms with Gasteiger partial charge in [0.2, 0.25) is 0 Å². The molecule has 1 aliphatic rings. The molecule has 2 rings (SSSR count). The minimum Gasteiger partial charge on any atom is -0.486 e. The molecule has 0 heterocycles. The predicted octanol–water partition coefficient (Wildman–Crippen LogP) is 4.38. The highest BCUT2D eigenvalue weighted by Gasteiger charge is 2.21. The smallest absolute Gasteiger partial charge is 0.143 e. The summed E-state index contributed by atoms with van der Waals surface area (Å²) in [6.07, 6.45) is 2.45. The molecule has 0 unspecified atom stereocenters. The number of nitrogens with one attached hydrogen (secondary N) is 1. The Kier molecular flexibility index (Phi) is 4.79. The standard InChI is InChI=1S/C13H14Cl3NO/c1-8(14)7-18-13-9(6-17-11-2-3-11)4-10(15)5-12(13)16/h4-5,11,17H,1-3,6-7H2. The molecule has 5 heteroatoms. The molecule has 0 spiro atoms. The first kappa shape index (κ1) is 14.0. The maximum Gasteiger partial charge on any atom is 0.143 e. The molecule has 0 amide bonds. The third-order valence-corrected chi connectivity index (χ3v) is 3.23. The molecule has 98 valence electrons. The first-order valence-electron chi connectivity index (χ1n) is 5.73. The van der Waals surface area contributed by atoms with E-state index in [9.17, 15) is 0 Å². The number of hydrogen-bond acceptors (Lipinski definition) is 2. The predicted molar refractivity (Wildman–Crippen MR) is 76.8 cm³/mol. The van der Waals surface area contributed by atoms with Gasteiger partial charge in [-0.1, -0.05) is 41.4 Å². The quantitative estimate of drug-likeness (QED) is 0.842. The largest absolute Gasteiger partial charge is 0.486 e. The molecular weight excluding hydrogens is 293 g/mol. The average Bonchev–Trinajstić information content (AvgIpc) is 3.08. The fourth-order valence-electron chi connectivity index (χ4n) is 1.60. The maximum atomic E-state index is 6.14. The molecule has 1 fully saturated rings. The van der Waals surface area contributed by atoms with E-state index in [1.165, 1.54) is 12.8 Å². The van der Waals surface area contributed by atoms with Gasteiger partial charge >= 0.3 is 0 Å². The minimum atomic E-state index is 0.235. The second-order valence-electron chi connectivity index (χ2n) is 4.34. The van der Waals surface area contributed by atoms with Crippen molar-refractivity contribution in [3.63, 3.8) is 0 Å². The molecule has 18 heavy (non-hydrogen) atoms. The fraction of sp³-hybridized carbons (Fsp3) is 0.385. The van der Waals surface area contributed by atoms with Crippen LogP contribution in [-0.4, -0.2) is 12.6 Å². The van der Waals surface area contributed by atoms with Crippen LogP contribution in [0.2, 0.25) is 10.0 Å². The molecule has 1 aromatic carbocycles. The topological polar surface area (TPSA) is 21.3 Å². The third-order valence-electron chi connectivity index (χ3n) is 2.62. The van der Waals surface area contributed by atoms with Crippen molar-refractivity contribution in [1.82, 2.24) is 5.32 Å². The highest BCUT2D eigenvalue weighted by molar-refractivity contribution is 6.35. The highest BCUT2D eigenvalue weighted by Crippen LogP contribution is 2.33. The van der Waals surface area contributed by atoms with E-state index in [-0.39, 0.29) is 6.61 Å². The highest BCUT2D eigenvalue weighted by atomic mass is 35.5. The van der Waals surface area contributed by atoms with E-state index >= 15 is 0 Å². The van der Waals surface area contributed by atoms with Crippen LogP contribution >= 0.6 is 34.8 Å². The van der Waals surface area contributed by atoms with Crippen LogP contribution in [0.25, 0.3) is 0 Å². The van der Waals surface area contributed by atoms with Gasteiger partial charge in [0.1, 0.15) is 12.4 Å². The molecule has 1 saturated carbocycles. The molecule has 1 aromatic rings. The summed E-state index contributed by atoms with van der Waals surface area (Å²) < 4.78 is 5.57. The van der Waals surface area contributed by atoms with Crippen LogP contribution in [0.3, 0.4) is 0 Å². The Morgan fingerprint density at radius 1 is 1.39 bits per heavy atom. The van der Waals surface area contributed by atoms with E-state index in [1.54, 1.807) is 6.07 Å². The van der Waals surface area contributed by atoms with E-state index < -0.39 is 0 Å². The van der Waals surface area contributed by atoms with Crippen molar-refractivity contribution < 1.29 is 4.74 Å². The lowest BCUT2D eigenvalue weighted by Gasteiger charge is -2.14. The molecule has 1 N–H and O–H groups in total. The van der Waals surface area contributed by atoms with Crippen molar-refractivity contribution in [3.8, 4) is 5.75 Å². The summed E-state index contributed by atoms with van der Waals surface area (Å²) in [5, 5.41) is 4.93. The summed E-state index contributed by atoms with van der Waals surface area (Å²) in [5.74, 6) is 0.621. The lowest BCUT2D eigenvalue weighted by atomic mass is 10.2. The normalized spacial score (nSPS) is 14.6. The van der Waals surface area contributed by atoms with E-state index in [1.807, 2.05) is 6.07 Å². The summed E-state index contributed by atoms with van der Waals surface area (Å²) in [4.78, 5) is 0. The van der Waals surface area contributed by atoms with Crippen molar-refractivity contribution in [2.45, 2.75) is 25.4 Å². The molecule has 0 radical (unpaired) electrons. The van der Waals surface area contributed by atoms with E-state index in [0.29, 0.717) is 33.4 Å². The van der Waals surface area contributed by atoms with Crippen molar-refractivity contribution in [2.75, 3.05) is 6.61 Å².